The number of hydrogen-bond acceptors (Lipinski definition) is 8. The van der Waals surface area contributed by atoms with E-state index in [9.17, 15) is 14.7 Å². The first kappa shape index (κ1) is 21.2. The molecular weight excluding hydrogens is 460 g/mol. The number of aliphatic hydroxyl groups is 1. The van der Waals surface area contributed by atoms with E-state index in [1.54, 1.807) is 44.6 Å². The van der Waals surface area contributed by atoms with Crippen LogP contribution in [0.4, 0.5) is 5.13 Å². The second kappa shape index (κ2) is 8.34. The van der Waals surface area contributed by atoms with Crippen LogP contribution in [0.3, 0.4) is 0 Å². The van der Waals surface area contributed by atoms with E-state index < -0.39 is 17.7 Å². The molecule has 5 rings (SSSR count). The molecule has 2 aromatic heterocycles. The molecule has 4 aromatic rings. The van der Waals surface area contributed by atoms with Crippen molar-refractivity contribution in [3.05, 3.63) is 76.0 Å². The monoisotopic (exact) mass is 478 g/mol. The Morgan fingerprint density at radius 3 is 2.42 bits per heavy atom. The molecule has 1 saturated heterocycles. The molecule has 2 aromatic carbocycles. The number of amides is 1. The lowest BCUT2D eigenvalue weighted by molar-refractivity contribution is -0.132. The summed E-state index contributed by atoms with van der Waals surface area (Å²) >= 11 is 2.69. The minimum absolute atomic E-state index is 0.0319. The maximum Gasteiger partial charge on any atom is 0.301 e. The number of ether oxygens (including phenoxy) is 2. The van der Waals surface area contributed by atoms with Crippen LogP contribution in [0.2, 0.25) is 0 Å². The van der Waals surface area contributed by atoms with Gasteiger partial charge in [0.15, 0.2) is 5.13 Å². The fourth-order valence-corrected chi connectivity index (χ4v) is 5.62. The van der Waals surface area contributed by atoms with Gasteiger partial charge in [-0.3, -0.25) is 14.5 Å². The molecule has 1 amide bonds. The molecule has 1 aliphatic rings. The van der Waals surface area contributed by atoms with Gasteiger partial charge in [-0.1, -0.05) is 17.4 Å². The molecule has 0 bridgehead atoms. The lowest BCUT2D eigenvalue weighted by atomic mass is 10.00. The number of ketones is 1. The number of fused-ring (bicyclic) bond motifs is 1. The second-order valence-corrected chi connectivity index (χ2v) is 9.23. The molecule has 1 aliphatic heterocycles. The van der Waals surface area contributed by atoms with E-state index in [-0.39, 0.29) is 11.3 Å². The van der Waals surface area contributed by atoms with Crippen molar-refractivity contribution in [2.45, 2.75) is 6.04 Å². The van der Waals surface area contributed by atoms with Crippen molar-refractivity contribution >= 4 is 55.5 Å². The van der Waals surface area contributed by atoms with Crippen LogP contribution >= 0.6 is 22.7 Å². The number of carbonyl (C=O) groups is 2. The van der Waals surface area contributed by atoms with Crippen molar-refractivity contribution in [2.75, 3.05) is 19.1 Å². The topological polar surface area (TPSA) is 89.0 Å². The van der Waals surface area contributed by atoms with Gasteiger partial charge in [-0.05, 0) is 53.9 Å². The Kier molecular flexibility index (Phi) is 5.35. The molecule has 166 valence electrons. The van der Waals surface area contributed by atoms with Crippen LogP contribution < -0.4 is 14.4 Å². The average molecular weight is 479 g/mol. The highest BCUT2D eigenvalue weighted by molar-refractivity contribution is 7.22. The normalized spacial score (nSPS) is 17.6. The smallest absolute Gasteiger partial charge is 0.301 e. The van der Waals surface area contributed by atoms with E-state index in [1.807, 2.05) is 29.6 Å². The molecule has 0 aliphatic carbocycles. The van der Waals surface area contributed by atoms with E-state index in [0.29, 0.717) is 27.7 Å². The van der Waals surface area contributed by atoms with Crippen LogP contribution in [0.25, 0.3) is 16.0 Å². The van der Waals surface area contributed by atoms with Gasteiger partial charge >= 0.3 is 5.91 Å². The van der Waals surface area contributed by atoms with Gasteiger partial charge in [-0.2, -0.15) is 0 Å². The molecule has 0 saturated carbocycles. The maximum atomic E-state index is 13.2. The molecule has 1 atom stereocenters. The third-order valence-corrected chi connectivity index (χ3v) is 7.35. The Balaban J connectivity index is 1.67. The highest BCUT2D eigenvalue weighted by Gasteiger charge is 2.48. The molecule has 1 N–H and O–H groups in total. The third-order valence-electron chi connectivity index (χ3n) is 5.41. The number of aliphatic hydroxyl groups excluding tert-OH is 1. The van der Waals surface area contributed by atoms with Crippen LogP contribution in [0, 0.1) is 0 Å². The van der Waals surface area contributed by atoms with E-state index in [2.05, 4.69) is 4.98 Å². The zero-order valence-corrected chi connectivity index (χ0v) is 19.3. The SMILES string of the molecule is COc1ccc(C(O)=C2C(=O)C(=O)N(c3nc4ccc(OC)cc4s3)C2c2cccs2)cc1. The Morgan fingerprint density at radius 1 is 1.03 bits per heavy atom. The van der Waals surface area contributed by atoms with E-state index in [0.717, 1.165) is 9.58 Å². The van der Waals surface area contributed by atoms with Crippen molar-refractivity contribution in [3.8, 4) is 11.5 Å². The fourth-order valence-electron chi connectivity index (χ4n) is 3.77. The van der Waals surface area contributed by atoms with Gasteiger partial charge in [-0.15, -0.1) is 11.3 Å². The highest BCUT2D eigenvalue weighted by atomic mass is 32.1. The fraction of sp³-hybridized carbons (Fsp3) is 0.125. The van der Waals surface area contributed by atoms with Crippen molar-refractivity contribution in [2.24, 2.45) is 0 Å². The summed E-state index contributed by atoms with van der Waals surface area (Å²) in [7, 11) is 3.13. The van der Waals surface area contributed by atoms with E-state index in [4.69, 9.17) is 9.47 Å². The van der Waals surface area contributed by atoms with Crippen LogP contribution in [0.1, 0.15) is 16.5 Å². The van der Waals surface area contributed by atoms with Crippen molar-refractivity contribution in [1.29, 1.82) is 0 Å². The summed E-state index contributed by atoms with van der Waals surface area (Å²) in [5.74, 6) is -0.423. The number of benzene rings is 2. The van der Waals surface area contributed by atoms with Crippen LogP contribution in [0.15, 0.2) is 65.6 Å². The lowest BCUT2D eigenvalue weighted by Gasteiger charge is -2.21. The summed E-state index contributed by atoms with van der Waals surface area (Å²) in [4.78, 5) is 33.1. The molecule has 1 fully saturated rings. The van der Waals surface area contributed by atoms with Crippen molar-refractivity contribution in [3.63, 3.8) is 0 Å². The van der Waals surface area contributed by atoms with Gasteiger partial charge in [0.2, 0.25) is 0 Å². The number of anilines is 1. The number of thiophene rings is 1. The van der Waals surface area contributed by atoms with E-state index in [1.165, 1.54) is 27.6 Å². The maximum absolute atomic E-state index is 13.2. The number of carbonyl (C=O) groups excluding carboxylic acids is 2. The van der Waals surface area contributed by atoms with Crippen molar-refractivity contribution < 1.29 is 24.2 Å². The Bertz CT molecular complexity index is 1390. The number of rotatable bonds is 5. The quantitative estimate of drug-likeness (QED) is 0.247. The molecule has 3 heterocycles. The van der Waals surface area contributed by atoms with Gasteiger partial charge < -0.3 is 14.6 Å². The average Bonchev–Trinajstić information content (AvgIpc) is 3.57. The number of hydrogen-bond donors (Lipinski definition) is 1. The van der Waals surface area contributed by atoms with Gasteiger partial charge in [0.1, 0.15) is 23.3 Å². The minimum atomic E-state index is -0.783. The first-order chi connectivity index (χ1) is 16.0. The number of methoxy groups -OCH3 is 2. The Morgan fingerprint density at radius 2 is 1.76 bits per heavy atom. The number of Topliss-reactive ketones (excluding diaryl/α,β-unsaturated/α-hetero) is 1. The minimum Gasteiger partial charge on any atom is -0.507 e. The van der Waals surface area contributed by atoms with Crippen LogP contribution in [-0.2, 0) is 9.59 Å². The lowest BCUT2D eigenvalue weighted by Crippen LogP contribution is -2.28. The van der Waals surface area contributed by atoms with E-state index >= 15 is 0 Å². The molecule has 1 unspecified atom stereocenters. The summed E-state index contributed by atoms with van der Waals surface area (Å²) in [6.45, 7) is 0. The summed E-state index contributed by atoms with van der Waals surface area (Å²) in [5.41, 5.74) is 1.15. The summed E-state index contributed by atoms with van der Waals surface area (Å²) in [6, 6.07) is 15.0. The summed E-state index contributed by atoms with van der Waals surface area (Å²) in [6.07, 6.45) is 0. The zero-order chi connectivity index (χ0) is 23.1. The van der Waals surface area contributed by atoms with Gasteiger partial charge in [0.25, 0.3) is 5.78 Å². The predicted molar refractivity (Wildman–Crippen MR) is 128 cm³/mol. The molecule has 9 heteroatoms. The summed E-state index contributed by atoms with van der Waals surface area (Å²) in [5, 5.41) is 13.4. The predicted octanol–water partition coefficient (Wildman–Crippen LogP) is 5.00. The first-order valence-corrected chi connectivity index (χ1v) is 11.6. The number of aromatic nitrogens is 1. The molecule has 7 nitrogen and oxygen atoms in total. The number of nitrogens with zero attached hydrogens (tertiary/aromatic N) is 2. The Labute approximate surface area is 197 Å². The standard InChI is InChI=1S/C24H18N2O5S2/c1-30-14-7-5-13(6-8-14)21(27)19-20(17-4-3-11-32-17)26(23(29)22(19)28)24-25-16-10-9-15(31-2)12-18(16)33-24/h3-12,20,27H,1-2H3. The molecule has 0 spiro atoms. The van der Waals surface area contributed by atoms with Crippen LogP contribution in [0.5, 0.6) is 11.5 Å². The molecule has 33 heavy (non-hydrogen) atoms. The van der Waals surface area contributed by atoms with Gasteiger partial charge in [0.05, 0.1) is 30.0 Å². The van der Waals surface area contributed by atoms with Gasteiger partial charge in [0, 0.05) is 10.4 Å². The number of thiazole rings is 1. The molecular formula is C24H18N2O5S2. The largest absolute Gasteiger partial charge is 0.507 e. The van der Waals surface area contributed by atoms with Gasteiger partial charge in [-0.25, -0.2) is 4.98 Å². The van der Waals surface area contributed by atoms with Crippen LogP contribution in [-0.4, -0.2) is 36.0 Å². The second-order valence-electron chi connectivity index (χ2n) is 7.24. The first-order valence-electron chi connectivity index (χ1n) is 9.95. The molecule has 0 radical (unpaired) electrons. The summed E-state index contributed by atoms with van der Waals surface area (Å²) < 4.78 is 11.3. The van der Waals surface area contributed by atoms with Crippen molar-refractivity contribution in [1.82, 2.24) is 4.98 Å². The zero-order valence-electron chi connectivity index (χ0n) is 17.6. The third kappa shape index (κ3) is 3.55. The Hall–Kier alpha value is -3.69. The highest BCUT2D eigenvalue weighted by Crippen LogP contribution is 2.45.